The maximum atomic E-state index is 9.15. The lowest BCUT2D eigenvalue weighted by molar-refractivity contribution is 1.10. The Balaban J connectivity index is 2.34. The summed E-state index contributed by atoms with van der Waals surface area (Å²) in [6.07, 6.45) is 0. The fourth-order valence-corrected chi connectivity index (χ4v) is 2.44. The molecule has 0 aliphatic carbocycles. The molecule has 0 spiro atoms. The third-order valence-corrected chi connectivity index (χ3v) is 3.41. The van der Waals surface area contributed by atoms with Crippen LogP contribution >= 0.6 is 0 Å². The molecule has 0 saturated carbocycles. The van der Waals surface area contributed by atoms with Crippen LogP contribution in [0.2, 0.25) is 0 Å². The lowest BCUT2D eigenvalue weighted by Crippen LogP contribution is -2.02. The number of rotatable bonds is 1. The third kappa shape index (κ3) is 1.89. The molecule has 0 aliphatic rings. The van der Waals surface area contributed by atoms with E-state index in [-0.39, 0.29) is 0 Å². The average Bonchev–Trinajstić information content (AvgIpc) is 2.84. The van der Waals surface area contributed by atoms with Crippen molar-refractivity contribution in [2.45, 2.75) is 6.92 Å². The molecule has 3 rings (SSSR count). The zero-order valence-electron chi connectivity index (χ0n) is 11.3. The number of nitrogen functional groups attached to an aromatic ring is 1. The van der Waals surface area contributed by atoms with Crippen molar-refractivity contribution in [2.24, 2.45) is 0 Å². The summed E-state index contributed by atoms with van der Waals surface area (Å²) < 4.78 is 1.80. The van der Waals surface area contributed by atoms with Crippen LogP contribution in [-0.4, -0.2) is 9.55 Å². The van der Waals surface area contributed by atoms with Gasteiger partial charge < -0.3 is 5.73 Å². The zero-order chi connectivity index (χ0) is 15.0. The van der Waals surface area contributed by atoms with Crippen LogP contribution in [0.3, 0.4) is 0 Å². The summed E-state index contributed by atoms with van der Waals surface area (Å²) in [5.41, 5.74) is 10.2. The van der Waals surface area contributed by atoms with E-state index in [0.29, 0.717) is 17.1 Å². The topological polar surface area (TPSA) is 91.4 Å². The van der Waals surface area contributed by atoms with Crippen molar-refractivity contribution in [2.75, 3.05) is 5.73 Å². The number of imidazole rings is 1. The van der Waals surface area contributed by atoms with Gasteiger partial charge in [-0.25, -0.2) is 4.98 Å². The van der Waals surface area contributed by atoms with E-state index in [4.69, 9.17) is 16.3 Å². The second-order valence-electron chi connectivity index (χ2n) is 4.70. The monoisotopic (exact) mass is 273 g/mol. The van der Waals surface area contributed by atoms with Crippen LogP contribution in [0.5, 0.6) is 0 Å². The minimum absolute atomic E-state index is 0.324. The first-order chi connectivity index (χ1) is 10.2. The zero-order valence-corrected chi connectivity index (χ0v) is 11.3. The van der Waals surface area contributed by atoms with Gasteiger partial charge in [0.2, 0.25) is 5.95 Å². The molecule has 2 aromatic carbocycles. The van der Waals surface area contributed by atoms with Gasteiger partial charge in [-0.2, -0.15) is 10.5 Å². The van der Waals surface area contributed by atoms with E-state index in [1.807, 2.05) is 37.3 Å². The molecule has 0 bridgehead atoms. The first-order valence-corrected chi connectivity index (χ1v) is 6.34. The summed E-state index contributed by atoms with van der Waals surface area (Å²) in [6.45, 7) is 1.98. The lowest BCUT2D eigenvalue weighted by Gasteiger charge is -2.09. The molecule has 1 heterocycles. The van der Waals surface area contributed by atoms with Crippen molar-refractivity contribution >= 4 is 17.0 Å². The number of anilines is 1. The predicted octanol–water partition coefficient (Wildman–Crippen LogP) is 2.66. The Morgan fingerprint density at radius 1 is 1.10 bits per heavy atom. The molecule has 0 amide bonds. The number of nitrogens with two attached hydrogens (primary N) is 1. The van der Waals surface area contributed by atoms with Crippen LogP contribution in [0.15, 0.2) is 36.4 Å². The number of hydrogen-bond acceptors (Lipinski definition) is 4. The Bertz CT molecular complexity index is 938. The summed E-state index contributed by atoms with van der Waals surface area (Å²) in [7, 11) is 0. The molecular weight excluding hydrogens is 262 g/mol. The van der Waals surface area contributed by atoms with Gasteiger partial charge in [-0.3, -0.25) is 4.57 Å². The van der Waals surface area contributed by atoms with Crippen LogP contribution in [0.1, 0.15) is 16.7 Å². The fourth-order valence-electron chi connectivity index (χ4n) is 2.44. The summed E-state index contributed by atoms with van der Waals surface area (Å²) >= 11 is 0. The lowest BCUT2D eigenvalue weighted by atomic mass is 10.1. The first-order valence-electron chi connectivity index (χ1n) is 6.34. The number of nitrogens with zero attached hydrogens (tertiary/aromatic N) is 4. The molecular formula is C16H11N5. The smallest absolute Gasteiger partial charge is 0.205 e. The average molecular weight is 273 g/mol. The van der Waals surface area contributed by atoms with Gasteiger partial charge in [0.05, 0.1) is 27.8 Å². The SMILES string of the molecule is Cc1cccc2nc(N)n(-c3ccc(C#N)c(C#N)c3)c12. The number of aromatic nitrogens is 2. The number of benzene rings is 2. The van der Waals surface area contributed by atoms with Crippen molar-refractivity contribution in [1.29, 1.82) is 10.5 Å². The Kier molecular flexibility index (Phi) is 2.82. The van der Waals surface area contributed by atoms with Gasteiger partial charge in [-0.05, 0) is 36.8 Å². The van der Waals surface area contributed by atoms with E-state index in [1.165, 1.54) is 0 Å². The molecule has 21 heavy (non-hydrogen) atoms. The van der Waals surface area contributed by atoms with Crippen molar-refractivity contribution in [3.05, 3.63) is 53.1 Å². The molecule has 0 saturated heterocycles. The number of fused-ring (bicyclic) bond motifs is 1. The van der Waals surface area contributed by atoms with E-state index >= 15 is 0 Å². The second kappa shape index (κ2) is 4.66. The molecule has 100 valence electrons. The molecule has 0 atom stereocenters. The van der Waals surface area contributed by atoms with Crippen molar-refractivity contribution in [1.82, 2.24) is 9.55 Å². The van der Waals surface area contributed by atoms with Gasteiger partial charge in [-0.1, -0.05) is 12.1 Å². The number of nitriles is 2. The van der Waals surface area contributed by atoms with Gasteiger partial charge in [0.15, 0.2) is 0 Å². The van der Waals surface area contributed by atoms with E-state index in [0.717, 1.165) is 22.3 Å². The molecule has 0 fully saturated rings. The minimum Gasteiger partial charge on any atom is -0.369 e. The van der Waals surface area contributed by atoms with Crippen molar-refractivity contribution in [3.63, 3.8) is 0 Å². The maximum Gasteiger partial charge on any atom is 0.205 e. The summed E-state index contributed by atoms with van der Waals surface area (Å²) in [6, 6.07) is 14.9. The van der Waals surface area contributed by atoms with Crippen LogP contribution in [0.4, 0.5) is 5.95 Å². The van der Waals surface area contributed by atoms with Gasteiger partial charge in [0, 0.05) is 0 Å². The third-order valence-electron chi connectivity index (χ3n) is 3.41. The molecule has 2 N–H and O–H groups in total. The molecule has 0 radical (unpaired) electrons. The Hall–Kier alpha value is -3.31. The van der Waals surface area contributed by atoms with E-state index in [2.05, 4.69) is 4.98 Å². The van der Waals surface area contributed by atoms with Crippen LogP contribution in [0.25, 0.3) is 16.7 Å². The van der Waals surface area contributed by atoms with Gasteiger partial charge in [0.25, 0.3) is 0 Å². The molecule has 3 aromatic rings. The summed E-state index contributed by atoms with van der Waals surface area (Å²) in [4.78, 5) is 4.34. The highest BCUT2D eigenvalue weighted by Crippen LogP contribution is 2.26. The molecule has 0 aliphatic heterocycles. The summed E-state index contributed by atoms with van der Waals surface area (Å²) in [5, 5.41) is 18.1. The first kappa shape index (κ1) is 12.7. The minimum atomic E-state index is 0.324. The number of para-hydroxylation sites is 1. The normalized spacial score (nSPS) is 10.2. The molecule has 5 heteroatoms. The standard InChI is InChI=1S/C16H11N5/c1-10-3-2-4-14-15(10)21(16(19)20-14)13-6-5-11(8-17)12(7-13)9-18/h2-7H,1H3,(H2,19,20). The van der Waals surface area contributed by atoms with Gasteiger partial charge in [-0.15, -0.1) is 0 Å². The maximum absolute atomic E-state index is 9.15. The Labute approximate surface area is 121 Å². The fraction of sp³-hybridized carbons (Fsp3) is 0.0625. The predicted molar refractivity (Wildman–Crippen MR) is 79.6 cm³/mol. The quantitative estimate of drug-likeness (QED) is 0.737. The Morgan fingerprint density at radius 3 is 2.57 bits per heavy atom. The van der Waals surface area contributed by atoms with Gasteiger partial charge in [0.1, 0.15) is 12.1 Å². The molecule has 1 aromatic heterocycles. The van der Waals surface area contributed by atoms with Gasteiger partial charge >= 0.3 is 0 Å². The number of aryl methyl sites for hydroxylation is 1. The summed E-state index contributed by atoms with van der Waals surface area (Å²) in [5.74, 6) is 0.355. The van der Waals surface area contributed by atoms with Crippen LogP contribution in [0, 0.1) is 29.6 Å². The second-order valence-corrected chi connectivity index (χ2v) is 4.70. The van der Waals surface area contributed by atoms with Crippen LogP contribution < -0.4 is 5.73 Å². The van der Waals surface area contributed by atoms with E-state index in [1.54, 1.807) is 22.8 Å². The highest BCUT2D eigenvalue weighted by atomic mass is 15.2. The molecule has 5 nitrogen and oxygen atoms in total. The van der Waals surface area contributed by atoms with Crippen molar-refractivity contribution in [3.8, 4) is 17.8 Å². The Morgan fingerprint density at radius 2 is 1.86 bits per heavy atom. The highest BCUT2D eigenvalue weighted by Gasteiger charge is 2.13. The highest BCUT2D eigenvalue weighted by molar-refractivity contribution is 5.84. The largest absolute Gasteiger partial charge is 0.369 e. The van der Waals surface area contributed by atoms with Crippen molar-refractivity contribution < 1.29 is 0 Å². The van der Waals surface area contributed by atoms with Crippen LogP contribution in [-0.2, 0) is 0 Å². The molecule has 0 unspecified atom stereocenters. The van der Waals surface area contributed by atoms with E-state index < -0.39 is 0 Å². The van der Waals surface area contributed by atoms with E-state index in [9.17, 15) is 0 Å². The number of hydrogen-bond donors (Lipinski definition) is 1.